The molecule has 0 radical (unpaired) electrons. The Balaban J connectivity index is 3.07. The van der Waals surface area contributed by atoms with Crippen molar-refractivity contribution in [3.63, 3.8) is 0 Å². The summed E-state index contributed by atoms with van der Waals surface area (Å²) in [5, 5.41) is 0. The Labute approximate surface area is 78.7 Å². The molecule has 1 aromatic heterocycles. The van der Waals surface area contributed by atoms with Crippen molar-refractivity contribution in [1.82, 2.24) is 9.55 Å². The maximum Gasteiger partial charge on any atom is 0.356 e. The number of rotatable bonds is 2. The first kappa shape index (κ1) is 9.25. The molecule has 66 valence electrons. The molecule has 0 amide bonds. The quantitative estimate of drug-likeness (QED) is 0.726. The third-order valence-corrected chi connectivity index (χ3v) is 2.15. The average molecular weight is 233 g/mol. The Bertz CT molecular complexity index is 296. The van der Waals surface area contributed by atoms with Crippen molar-refractivity contribution in [2.24, 2.45) is 0 Å². The number of aromatic nitrogens is 2. The maximum absolute atomic E-state index is 11.1. The fraction of sp³-hybridized carbons (Fsp3) is 0.429. The van der Waals surface area contributed by atoms with Crippen LogP contribution in [0.5, 0.6) is 0 Å². The topological polar surface area (TPSA) is 44.1 Å². The predicted octanol–water partition coefficient (Wildman–Crippen LogP) is 1.45. The van der Waals surface area contributed by atoms with Crippen LogP contribution in [0.2, 0.25) is 0 Å². The van der Waals surface area contributed by atoms with Gasteiger partial charge in [0.15, 0.2) is 4.73 Å². The van der Waals surface area contributed by atoms with E-state index in [1.165, 1.54) is 13.3 Å². The van der Waals surface area contributed by atoms with Gasteiger partial charge in [0.05, 0.1) is 13.3 Å². The first-order valence-electron chi connectivity index (χ1n) is 3.50. The summed E-state index contributed by atoms with van der Waals surface area (Å²) in [7, 11) is 1.35. The van der Waals surface area contributed by atoms with Crippen LogP contribution in [-0.2, 0) is 11.3 Å². The van der Waals surface area contributed by atoms with Crippen LogP contribution in [0.4, 0.5) is 0 Å². The first-order valence-corrected chi connectivity index (χ1v) is 4.29. The third-order valence-electron chi connectivity index (χ3n) is 1.52. The molecule has 0 atom stereocenters. The zero-order valence-corrected chi connectivity index (χ0v) is 8.46. The van der Waals surface area contributed by atoms with E-state index in [1.807, 2.05) is 6.92 Å². The van der Waals surface area contributed by atoms with Crippen LogP contribution >= 0.6 is 15.9 Å². The number of halogens is 1. The Morgan fingerprint density at radius 1 is 1.83 bits per heavy atom. The molecular formula is C7H9BrN2O2. The van der Waals surface area contributed by atoms with Gasteiger partial charge in [0.2, 0.25) is 0 Å². The Morgan fingerprint density at radius 2 is 2.50 bits per heavy atom. The highest BCUT2D eigenvalue weighted by molar-refractivity contribution is 9.10. The van der Waals surface area contributed by atoms with Crippen LogP contribution in [0, 0.1) is 0 Å². The minimum absolute atomic E-state index is 0.366. The lowest BCUT2D eigenvalue weighted by atomic mass is 10.4. The van der Waals surface area contributed by atoms with Crippen molar-refractivity contribution in [2.45, 2.75) is 13.5 Å². The van der Waals surface area contributed by atoms with Gasteiger partial charge in [-0.05, 0) is 22.9 Å². The molecule has 0 aliphatic heterocycles. The Kier molecular flexibility index (Phi) is 2.86. The van der Waals surface area contributed by atoms with Crippen molar-refractivity contribution in [3.05, 3.63) is 16.6 Å². The van der Waals surface area contributed by atoms with Crippen LogP contribution in [0.3, 0.4) is 0 Å². The summed E-state index contributed by atoms with van der Waals surface area (Å²) in [6, 6.07) is 0. The average Bonchev–Trinajstić information content (AvgIpc) is 2.45. The van der Waals surface area contributed by atoms with Gasteiger partial charge in [0.1, 0.15) is 5.69 Å². The SMILES string of the molecule is CCn1c(C(=O)OC)cnc1Br. The Morgan fingerprint density at radius 3 is 3.00 bits per heavy atom. The summed E-state index contributed by atoms with van der Waals surface area (Å²) in [4.78, 5) is 15.0. The largest absolute Gasteiger partial charge is 0.464 e. The first-order chi connectivity index (χ1) is 5.70. The zero-order chi connectivity index (χ0) is 9.14. The van der Waals surface area contributed by atoms with Crippen LogP contribution in [-0.4, -0.2) is 22.6 Å². The number of esters is 1. The van der Waals surface area contributed by atoms with Gasteiger partial charge in [-0.15, -0.1) is 0 Å². The molecule has 1 rings (SSSR count). The molecule has 0 aliphatic carbocycles. The molecule has 12 heavy (non-hydrogen) atoms. The summed E-state index contributed by atoms with van der Waals surface area (Å²) >= 11 is 3.22. The van der Waals surface area contributed by atoms with Crippen molar-refractivity contribution < 1.29 is 9.53 Å². The van der Waals surface area contributed by atoms with Gasteiger partial charge in [-0.25, -0.2) is 9.78 Å². The second kappa shape index (κ2) is 3.71. The lowest BCUT2D eigenvalue weighted by molar-refractivity contribution is 0.0588. The number of carbonyl (C=O) groups is 1. The van der Waals surface area contributed by atoms with E-state index in [-0.39, 0.29) is 5.97 Å². The minimum Gasteiger partial charge on any atom is -0.464 e. The van der Waals surface area contributed by atoms with Crippen LogP contribution in [0.15, 0.2) is 10.9 Å². The molecule has 0 N–H and O–H groups in total. The number of nitrogens with zero attached hydrogens (tertiary/aromatic N) is 2. The van der Waals surface area contributed by atoms with Gasteiger partial charge < -0.3 is 9.30 Å². The molecule has 0 aromatic carbocycles. The van der Waals surface area contributed by atoms with Crippen molar-refractivity contribution in [1.29, 1.82) is 0 Å². The Hall–Kier alpha value is -0.840. The van der Waals surface area contributed by atoms with Crippen molar-refractivity contribution >= 4 is 21.9 Å². The van der Waals surface area contributed by atoms with Crippen LogP contribution in [0.1, 0.15) is 17.4 Å². The monoisotopic (exact) mass is 232 g/mol. The standard InChI is InChI=1S/C7H9BrN2O2/c1-3-10-5(6(11)12-2)4-9-7(10)8/h4H,3H2,1-2H3. The molecule has 0 saturated heterocycles. The van der Waals surface area contributed by atoms with E-state index in [1.54, 1.807) is 4.57 Å². The molecule has 1 heterocycles. The number of hydrogen-bond donors (Lipinski definition) is 0. The summed E-state index contributed by atoms with van der Waals surface area (Å²) < 4.78 is 6.94. The normalized spacial score (nSPS) is 9.92. The minimum atomic E-state index is -0.366. The number of imidazole rings is 1. The van der Waals surface area contributed by atoms with E-state index in [2.05, 4.69) is 25.7 Å². The number of carbonyl (C=O) groups excluding carboxylic acids is 1. The lowest BCUT2D eigenvalue weighted by Crippen LogP contribution is -2.09. The number of hydrogen-bond acceptors (Lipinski definition) is 3. The van der Waals surface area contributed by atoms with Gasteiger partial charge in [-0.1, -0.05) is 0 Å². The fourth-order valence-corrected chi connectivity index (χ4v) is 1.47. The van der Waals surface area contributed by atoms with E-state index >= 15 is 0 Å². The molecule has 5 heteroatoms. The van der Waals surface area contributed by atoms with E-state index in [0.29, 0.717) is 17.0 Å². The molecule has 0 aliphatic rings. The molecule has 0 fully saturated rings. The second-order valence-electron chi connectivity index (χ2n) is 2.15. The summed E-state index contributed by atoms with van der Waals surface area (Å²) in [5.41, 5.74) is 0.465. The summed E-state index contributed by atoms with van der Waals surface area (Å²) in [6.45, 7) is 2.61. The van der Waals surface area contributed by atoms with Gasteiger partial charge in [0.25, 0.3) is 0 Å². The number of methoxy groups -OCH3 is 1. The summed E-state index contributed by atoms with van der Waals surface area (Å²) in [6.07, 6.45) is 1.49. The van der Waals surface area contributed by atoms with Gasteiger partial charge >= 0.3 is 5.97 Å². The van der Waals surface area contributed by atoms with Crippen LogP contribution in [0.25, 0.3) is 0 Å². The third kappa shape index (κ3) is 1.50. The highest BCUT2D eigenvalue weighted by atomic mass is 79.9. The molecule has 0 spiro atoms. The van der Waals surface area contributed by atoms with E-state index < -0.39 is 0 Å². The highest BCUT2D eigenvalue weighted by Crippen LogP contribution is 2.12. The molecular weight excluding hydrogens is 224 g/mol. The van der Waals surface area contributed by atoms with E-state index in [0.717, 1.165) is 0 Å². The van der Waals surface area contributed by atoms with Gasteiger partial charge in [0, 0.05) is 6.54 Å². The van der Waals surface area contributed by atoms with Crippen molar-refractivity contribution in [2.75, 3.05) is 7.11 Å². The molecule has 0 bridgehead atoms. The zero-order valence-electron chi connectivity index (χ0n) is 6.87. The smallest absolute Gasteiger partial charge is 0.356 e. The molecule has 0 saturated carbocycles. The molecule has 4 nitrogen and oxygen atoms in total. The van der Waals surface area contributed by atoms with E-state index in [4.69, 9.17) is 0 Å². The van der Waals surface area contributed by atoms with Crippen molar-refractivity contribution in [3.8, 4) is 0 Å². The molecule has 0 unspecified atom stereocenters. The molecule has 1 aromatic rings. The fourth-order valence-electron chi connectivity index (χ4n) is 0.921. The van der Waals surface area contributed by atoms with Gasteiger partial charge in [-0.2, -0.15) is 0 Å². The van der Waals surface area contributed by atoms with Gasteiger partial charge in [-0.3, -0.25) is 0 Å². The van der Waals surface area contributed by atoms with Crippen LogP contribution < -0.4 is 0 Å². The highest BCUT2D eigenvalue weighted by Gasteiger charge is 2.13. The predicted molar refractivity (Wildman–Crippen MR) is 46.9 cm³/mol. The maximum atomic E-state index is 11.1. The summed E-state index contributed by atoms with van der Waals surface area (Å²) in [5.74, 6) is -0.366. The number of ether oxygens (including phenoxy) is 1. The lowest BCUT2D eigenvalue weighted by Gasteiger charge is -2.03. The van der Waals surface area contributed by atoms with E-state index in [9.17, 15) is 4.79 Å². The second-order valence-corrected chi connectivity index (χ2v) is 2.86.